The van der Waals surface area contributed by atoms with Crippen molar-refractivity contribution < 1.29 is 4.84 Å². The first-order valence-electron chi connectivity index (χ1n) is 3.01. The Balaban J connectivity index is 3.64. The molecule has 0 fully saturated rings. The first-order valence-corrected chi connectivity index (χ1v) is 3.01. The van der Waals surface area contributed by atoms with Gasteiger partial charge in [-0.2, -0.15) is 0 Å². The van der Waals surface area contributed by atoms with Crippen LogP contribution >= 0.6 is 0 Å². The van der Waals surface area contributed by atoms with E-state index in [4.69, 9.17) is 4.84 Å². The second-order valence-electron chi connectivity index (χ2n) is 1.64. The number of nitrogens with zero attached hydrogens (tertiary/aromatic N) is 1. The molecule has 0 unspecified atom stereocenters. The minimum Gasteiger partial charge on any atom is -0.391 e. The molecule has 0 radical (unpaired) electrons. The third-order valence-electron chi connectivity index (χ3n) is 0.700. The zero-order valence-corrected chi connectivity index (χ0v) is 6.35. The maximum absolute atomic E-state index is 4.76. The molecule has 0 aromatic heterocycles. The Morgan fingerprint density at radius 3 is 3.00 bits per heavy atom. The van der Waals surface area contributed by atoms with Crippen molar-refractivity contribution in [2.75, 3.05) is 6.61 Å². The van der Waals surface area contributed by atoms with E-state index in [9.17, 15) is 0 Å². The average molecular weight is 137 g/mol. The number of rotatable bonds is 3. The molecule has 0 atom stereocenters. The predicted octanol–water partition coefficient (Wildman–Crippen LogP) is 1.59. The lowest BCUT2D eigenvalue weighted by Gasteiger charge is -1.90. The summed E-state index contributed by atoms with van der Waals surface area (Å²) in [6, 6.07) is 0. The van der Waals surface area contributed by atoms with E-state index >= 15 is 0 Å². The van der Waals surface area contributed by atoms with Crippen LogP contribution in [-0.4, -0.2) is 12.3 Å². The topological polar surface area (TPSA) is 21.6 Å². The molecule has 2 heteroatoms. The van der Waals surface area contributed by atoms with Gasteiger partial charge in [0, 0.05) is 0 Å². The molecule has 0 amide bonds. The monoisotopic (exact) mass is 137 g/mol. The Hall–Kier alpha value is -1.23. The van der Waals surface area contributed by atoms with Crippen LogP contribution in [0.25, 0.3) is 0 Å². The maximum Gasteiger partial charge on any atom is 0.135 e. The Kier molecular flexibility index (Phi) is 5.17. The van der Waals surface area contributed by atoms with Gasteiger partial charge in [-0.15, -0.1) is 0 Å². The number of hydrogen-bond donors (Lipinski definition) is 0. The summed E-state index contributed by atoms with van der Waals surface area (Å²) in [7, 11) is 0. The first-order chi connectivity index (χ1) is 4.81. The normalized spacial score (nSPS) is 9.60. The van der Waals surface area contributed by atoms with Crippen LogP contribution in [0.4, 0.5) is 0 Å². The summed E-state index contributed by atoms with van der Waals surface area (Å²) >= 11 is 0. The summed E-state index contributed by atoms with van der Waals surface area (Å²) in [5.41, 5.74) is 0.685. The molecule has 0 N–H and O–H groups in total. The summed E-state index contributed by atoms with van der Waals surface area (Å²) in [4.78, 5) is 4.76. The fraction of sp³-hybridized carbons (Fsp3) is 0.375. The van der Waals surface area contributed by atoms with Gasteiger partial charge in [0.05, 0.1) is 0 Å². The second kappa shape index (κ2) is 5.90. The van der Waals surface area contributed by atoms with Crippen molar-refractivity contribution in [1.29, 1.82) is 0 Å². The fourth-order valence-electron chi connectivity index (χ4n) is 0.391. The van der Waals surface area contributed by atoms with Crippen LogP contribution in [0.15, 0.2) is 17.8 Å². The van der Waals surface area contributed by atoms with E-state index in [0.717, 1.165) is 0 Å². The van der Waals surface area contributed by atoms with Crippen LogP contribution in [-0.2, 0) is 4.84 Å². The summed E-state index contributed by atoms with van der Waals surface area (Å²) in [5.74, 6) is 5.45. The predicted molar refractivity (Wildman–Crippen MR) is 42.7 cm³/mol. The van der Waals surface area contributed by atoms with Crippen LogP contribution in [0.5, 0.6) is 0 Å². The van der Waals surface area contributed by atoms with E-state index in [1.807, 2.05) is 0 Å². The van der Waals surface area contributed by atoms with Gasteiger partial charge >= 0.3 is 0 Å². The highest BCUT2D eigenvalue weighted by molar-refractivity contribution is 5.97. The molecule has 0 aromatic carbocycles. The van der Waals surface area contributed by atoms with Gasteiger partial charge in [0.25, 0.3) is 0 Å². The molecular formula is C8H11NO. The van der Waals surface area contributed by atoms with Crippen molar-refractivity contribution in [2.24, 2.45) is 5.16 Å². The lowest BCUT2D eigenvalue weighted by Crippen LogP contribution is -1.88. The fourth-order valence-corrected chi connectivity index (χ4v) is 0.391. The smallest absolute Gasteiger partial charge is 0.135 e. The minimum atomic E-state index is 0.433. The van der Waals surface area contributed by atoms with Gasteiger partial charge in [-0.1, -0.05) is 23.7 Å². The largest absolute Gasteiger partial charge is 0.391 e. The van der Waals surface area contributed by atoms with Crippen LogP contribution in [0.3, 0.4) is 0 Å². The lowest BCUT2D eigenvalue weighted by molar-refractivity contribution is 0.175. The highest BCUT2D eigenvalue weighted by atomic mass is 16.6. The van der Waals surface area contributed by atoms with E-state index in [1.54, 1.807) is 19.9 Å². The molecule has 0 spiro atoms. The molecule has 2 nitrogen and oxygen atoms in total. The highest BCUT2D eigenvalue weighted by Crippen LogP contribution is 1.79. The van der Waals surface area contributed by atoms with E-state index in [1.165, 1.54) is 0 Å². The van der Waals surface area contributed by atoms with Crippen LogP contribution in [0.2, 0.25) is 0 Å². The van der Waals surface area contributed by atoms with Crippen molar-refractivity contribution in [3.63, 3.8) is 0 Å². The zero-order valence-electron chi connectivity index (χ0n) is 6.35. The van der Waals surface area contributed by atoms with Crippen LogP contribution in [0, 0.1) is 11.8 Å². The molecule has 0 aliphatic carbocycles. The molecule has 0 aromatic rings. The molecule has 0 saturated carbocycles. The molecule has 0 aliphatic heterocycles. The van der Waals surface area contributed by atoms with Gasteiger partial charge in [0.15, 0.2) is 0 Å². The second-order valence-corrected chi connectivity index (χ2v) is 1.64. The van der Waals surface area contributed by atoms with Crippen LogP contribution < -0.4 is 0 Å². The molecule has 0 heterocycles. The van der Waals surface area contributed by atoms with Gasteiger partial charge in [-0.3, -0.25) is 0 Å². The van der Waals surface area contributed by atoms with Crippen LogP contribution in [0.1, 0.15) is 13.8 Å². The first kappa shape index (κ1) is 8.77. The molecule has 0 aliphatic rings. The molecule has 10 heavy (non-hydrogen) atoms. The van der Waals surface area contributed by atoms with E-state index in [-0.39, 0.29) is 0 Å². The van der Waals surface area contributed by atoms with Gasteiger partial charge in [0.1, 0.15) is 12.3 Å². The maximum atomic E-state index is 4.76. The minimum absolute atomic E-state index is 0.433. The van der Waals surface area contributed by atoms with Crippen molar-refractivity contribution in [3.8, 4) is 11.8 Å². The summed E-state index contributed by atoms with van der Waals surface area (Å²) in [5, 5.41) is 3.68. The molecule has 0 saturated heterocycles. The Morgan fingerprint density at radius 2 is 2.50 bits per heavy atom. The molecule has 54 valence electrons. The number of oxime groups is 1. The van der Waals surface area contributed by atoms with E-state index < -0.39 is 0 Å². The average Bonchev–Trinajstić information content (AvgIpc) is 1.89. The summed E-state index contributed by atoms with van der Waals surface area (Å²) in [6.07, 6.45) is 1.64. The highest BCUT2D eigenvalue weighted by Gasteiger charge is 1.80. The van der Waals surface area contributed by atoms with Gasteiger partial charge < -0.3 is 4.84 Å². The van der Waals surface area contributed by atoms with E-state index in [0.29, 0.717) is 12.3 Å². The van der Waals surface area contributed by atoms with Crippen molar-refractivity contribution in [2.45, 2.75) is 13.8 Å². The van der Waals surface area contributed by atoms with E-state index in [2.05, 4.69) is 23.6 Å². The molecular weight excluding hydrogens is 126 g/mol. The zero-order chi connectivity index (χ0) is 7.82. The molecule has 0 bridgehead atoms. The SMILES string of the molecule is C=CCO/N=C(\C)C#CC. The Morgan fingerprint density at radius 1 is 1.80 bits per heavy atom. The van der Waals surface area contributed by atoms with Gasteiger partial charge in [-0.25, -0.2) is 0 Å². The quantitative estimate of drug-likeness (QED) is 0.190. The summed E-state index contributed by atoms with van der Waals surface area (Å²) in [6.45, 7) is 7.45. The van der Waals surface area contributed by atoms with Gasteiger partial charge in [-0.05, 0) is 19.8 Å². The Bertz CT molecular complexity index is 183. The third-order valence-corrected chi connectivity index (χ3v) is 0.700. The van der Waals surface area contributed by atoms with Crippen molar-refractivity contribution >= 4 is 5.71 Å². The van der Waals surface area contributed by atoms with Crippen molar-refractivity contribution in [1.82, 2.24) is 0 Å². The summed E-state index contributed by atoms with van der Waals surface area (Å²) < 4.78 is 0. The third kappa shape index (κ3) is 4.92. The number of hydrogen-bond acceptors (Lipinski definition) is 2. The standard InChI is InChI=1S/C8H11NO/c1-4-6-8(3)9-10-7-5-2/h5H,2,7H2,1,3H3/b9-8+. The lowest BCUT2D eigenvalue weighted by atomic mass is 10.4. The molecule has 0 rings (SSSR count). The van der Waals surface area contributed by atoms with Gasteiger partial charge in [0.2, 0.25) is 0 Å². The van der Waals surface area contributed by atoms with Crippen molar-refractivity contribution in [3.05, 3.63) is 12.7 Å². The Labute approximate surface area is 61.6 Å².